The number of benzene rings is 1. The second-order valence-corrected chi connectivity index (χ2v) is 5.52. The minimum absolute atomic E-state index is 0.446. The number of nitrogens with one attached hydrogen (secondary N) is 1. The second-order valence-electron chi connectivity index (χ2n) is 5.52. The smallest absolute Gasteiger partial charge is 0.313 e. The van der Waals surface area contributed by atoms with E-state index in [2.05, 4.69) is 5.32 Å². The molecule has 1 aromatic rings. The van der Waals surface area contributed by atoms with Crippen LogP contribution in [0.5, 0.6) is 0 Å². The largest absolute Gasteiger partial charge is 0.334 e. The number of nitrogens with zero attached hydrogens (tertiary/aromatic N) is 1. The highest BCUT2D eigenvalue weighted by Crippen LogP contribution is 2.21. The summed E-state index contributed by atoms with van der Waals surface area (Å²) in [6.45, 7) is 11.1. The SMILES string of the molecule is CCCN(CCC)C(=O)C(=O)Nc1c(C)cc(C)cc1C. The van der Waals surface area contributed by atoms with Crippen molar-refractivity contribution in [2.75, 3.05) is 18.4 Å². The Balaban J connectivity index is 2.87. The summed E-state index contributed by atoms with van der Waals surface area (Å²) < 4.78 is 0. The summed E-state index contributed by atoms with van der Waals surface area (Å²) in [4.78, 5) is 26.0. The minimum Gasteiger partial charge on any atom is -0.334 e. The number of anilines is 1. The minimum atomic E-state index is -0.549. The van der Waals surface area contributed by atoms with Crippen LogP contribution in [0.1, 0.15) is 43.4 Å². The summed E-state index contributed by atoms with van der Waals surface area (Å²) in [7, 11) is 0. The van der Waals surface area contributed by atoms with Crippen LogP contribution in [0.3, 0.4) is 0 Å². The van der Waals surface area contributed by atoms with Gasteiger partial charge in [-0.3, -0.25) is 9.59 Å². The number of aryl methyl sites for hydroxylation is 3. The third kappa shape index (κ3) is 4.59. The zero-order valence-corrected chi connectivity index (χ0v) is 13.7. The maximum Gasteiger partial charge on any atom is 0.313 e. The Hall–Kier alpha value is -1.84. The molecule has 0 saturated carbocycles. The van der Waals surface area contributed by atoms with Gasteiger partial charge in [0.25, 0.3) is 0 Å². The van der Waals surface area contributed by atoms with Crippen LogP contribution in [0.2, 0.25) is 0 Å². The zero-order chi connectivity index (χ0) is 16.0. The molecule has 0 spiro atoms. The Bertz CT molecular complexity index is 495. The van der Waals surface area contributed by atoms with Gasteiger partial charge in [-0.25, -0.2) is 0 Å². The van der Waals surface area contributed by atoms with E-state index in [-0.39, 0.29) is 0 Å². The molecule has 116 valence electrons. The number of carbonyl (C=O) groups excluding carboxylic acids is 2. The van der Waals surface area contributed by atoms with Crippen molar-refractivity contribution in [2.24, 2.45) is 0 Å². The van der Waals surface area contributed by atoms with Crippen molar-refractivity contribution in [2.45, 2.75) is 47.5 Å². The lowest BCUT2D eigenvalue weighted by Gasteiger charge is -2.21. The molecule has 0 aliphatic carbocycles. The zero-order valence-electron chi connectivity index (χ0n) is 13.7. The number of rotatable bonds is 5. The molecule has 0 heterocycles. The van der Waals surface area contributed by atoms with Crippen LogP contribution >= 0.6 is 0 Å². The van der Waals surface area contributed by atoms with Gasteiger partial charge in [0.2, 0.25) is 0 Å². The molecule has 1 aromatic carbocycles. The summed E-state index contributed by atoms with van der Waals surface area (Å²) in [5, 5.41) is 2.77. The van der Waals surface area contributed by atoms with E-state index < -0.39 is 11.8 Å². The van der Waals surface area contributed by atoms with Gasteiger partial charge in [-0.05, 0) is 44.7 Å². The number of carbonyl (C=O) groups is 2. The Morgan fingerprint density at radius 2 is 1.48 bits per heavy atom. The van der Waals surface area contributed by atoms with Crippen molar-refractivity contribution in [3.8, 4) is 0 Å². The van der Waals surface area contributed by atoms with Crippen LogP contribution in [0.15, 0.2) is 12.1 Å². The standard InChI is InChI=1S/C17H26N2O2/c1-6-8-19(9-7-2)17(21)16(20)18-15-13(4)10-12(3)11-14(15)5/h10-11H,6-9H2,1-5H3,(H,18,20). The summed E-state index contributed by atoms with van der Waals surface area (Å²) in [6.07, 6.45) is 1.70. The first-order valence-corrected chi connectivity index (χ1v) is 7.58. The van der Waals surface area contributed by atoms with Crippen LogP contribution in [0, 0.1) is 20.8 Å². The fraction of sp³-hybridized carbons (Fsp3) is 0.529. The molecule has 0 bridgehead atoms. The first-order valence-electron chi connectivity index (χ1n) is 7.58. The second kappa shape index (κ2) is 7.81. The van der Waals surface area contributed by atoms with E-state index in [1.807, 2.05) is 46.8 Å². The van der Waals surface area contributed by atoms with Crippen molar-refractivity contribution in [3.63, 3.8) is 0 Å². The first-order chi connectivity index (χ1) is 9.90. The molecule has 0 aromatic heterocycles. The molecule has 4 heteroatoms. The molecule has 0 radical (unpaired) electrons. The monoisotopic (exact) mass is 290 g/mol. The van der Waals surface area contributed by atoms with Gasteiger partial charge < -0.3 is 10.2 Å². The molecule has 0 saturated heterocycles. The van der Waals surface area contributed by atoms with Crippen molar-refractivity contribution in [1.29, 1.82) is 0 Å². The molecule has 0 aliphatic heterocycles. The van der Waals surface area contributed by atoms with E-state index in [0.717, 1.165) is 35.2 Å². The molecule has 0 unspecified atom stereocenters. The van der Waals surface area contributed by atoms with Gasteiger partial charge in [0.1, 0.15) is 0 Å². The lowest BCUT2D eigenvalue weighted by atomic mass is 10.1. The lowest BCUT2D eigenvalue weighted by Crippen LogP contribution is -2.40. The molecular formula is C17H26N2O2. The van der Waals surface area contributed by atoms with Crippen molar-refractivity contribution in [3.05, 3.63) is 28.8 Å². The highest BCUT2D eigenvalue weighted by molar-refractivity contribution is 6.39. The van der Waals surface area contributed by atoms with Crippen LogP contribution in [0.25, 0.3) is 0 Å². The van der Waals surface area contributed by atoms with Crippen molar-refractivity contribution < 1.29 is 9.59 Å². The average Bonchev–Trinajstić information content (AvgIpc) is 2.41. The van der Waals surface area contributed by atoms with E-state index in [0.29, 0.717) is 13.1 Å². The van der Waals surface area contributed by atoms with Gasteiger partial charge in [-0.2, -0.15) is 0 Å². The fourth-order valence-corrected chi connectivity index (χ4v) is 2.54. The first kappa shape index (κ1) is 17.2. The van der Waals surface area contributed by atoms with Gasteiger partial charge in [0.15, 0.2) is 0 Å². The molecule has 4 nitrogen and oxygen atoms in total. The Morgan fingerprint density at radius 3 is 1.90 bits per heavy atom. The van der Waals surface area contributed by atoms with E-state index in [4.69, 9.17) is 0 Å². The summed E-state index contributed by atoms with van der Waals surface area (Å²) in [5.41, 5.74) is 3.84. The predicted octanol–water partition coefficient (Wildman–Crippen LogP) is 3.20. The molecular weight excluding hydrogens is 264 g/mol. The van der Waals surface area contributed by atoms with Gasteiger partial charge in [0.05, 0.1) is 0 Å². The highest BCUT2D eigenvalue weighted by Gasteiger charge is 2.21. The van der Waals surface area contributed by atoms with Gasteiger partial charge in [-0.15, -0.1) is 0 Å². The normalized spacial score (nSPS) is 10.3. The summed E-state index contributed by atoms with van der Waals surface area (Å²) in [6, 6.07) is 4.01. The molecule has 21 heavy (non-hydrogen) atoms. The third-order valence-electron chi connectivity index (χ3n) is 3.38. The quantitative estimate of drug-likeness (QED) is 0.847. The number of hydrogen-bond acceptors (Lipinski definition) is 2. The van der Waals surface area contributed by atoms with E-state index >= 15 is 0 Å². The van der Waals surface area contributed by atoms with E-state index in [9.17, 15) is 9.59 Å². The van der Waals surface area contributed by atoms with E-state index in [1.165, 1.54) is 0 Å². The van der Waals surface area contributed by atoms with Gasteiger partial charge in [0, 0.05) is 18.8 Å². The Labute approximate surface area is 127 Å². The Kier molecular flexibility index (Phi) is 6.40. The predicted molar refractivity (Wildman–Crippen MR) is 86.4 cm³/mol. The van der Waals surface area contributed by atoms with Gasteiger partial charge in [-0.1, -0.05) is 31.5 Å². The number of hydrogen-bond donors (Lipinski definition) is 1. The maximum absolute atomic E-state index is 12.2. The van der Waals surface area contributed by atoms with Crippen LogP contribution in [0.4, 0.5) is 5.69 Å². The lowest BCUT2D eigenvalue weighted by molar-refractivity contribution is -0.143. The van der Waals surface area contributed by atoms with Crippen LogP contribution in [-0.4, -0.2) is 29.8 Å². The molecule has 1 rings (SSSR count). The fourth-order valence-electron chi connectivity index (χ4n) is 2.54. The third-order valence-corrected chi connectivity index (χ3v) is 3.38. The van der Waals surface area contributed by atoms with Crippen molar-refractivity contribution >= 4 is 17.5 Å². The van der Waals surface area contributed by atoms with Gasteiger partial charge >= 0.3 is 11.8 Å². The highest BCUT2D eigenvalue weighted by atomic mass is 16.2. The molecule has 0 atom stereocenters. The summed E-state index contributed by atoms with van der Waals surface area (Å²) in [5.74, 6) is -0.995. The van der Waals surface area contributed by atoms with Crippen LogP contribution < -0.4 is 5.32 Å². The molecule has 1 N–H and O–H groups in total. The van der Waals surface area contributed by atoms with E-state index in [1.54, 1.807) is 4.90 Å². The molecule has 0 aliphatic rings. The Morgan fingerprint density at radius 1 is 1.00 bits per heavy atom. The molecule has 0 fully saturated rings. The topological polar surface area (TPSA) is 49.4 Å². The van der Waals surface area contributed by atoms with Crippen molar-refractivity contribution in [1.82, 2.24) is 4.90 Å². The maximum atomic E-state index is 12.2. The van der Waals surface area contributed by atoms with Crippen LogP contribution in [-0.2, 0) is 9.59 Å². The summed E-state index contributed by atoms with van der Waals surface area (Å²) >= 11 is 0. The molecule has 2 amide bonds. The average molecular weight is 290 g/mol. The number of amides is 2.